The molecular weight excluding hydrogens is 144 g/mol. The van der Waals surface area contributed by atoms with E-state index < -0.39 is 0 Å². The minimum absolute atomic E-state index is 1.25. The molecule has 5 aliphatic carbocycles. The van der Waals surface area contributed by atoms with Crippen molar-refractivity contribution in [3.63, 3.8) is 0 Å². The summed E-state index contributed by atoms with van der Waals surface area (Å²) in [4.78, 5) is 0. The van der Waals surface area contributed by atoms with Gasteiger partial charge in [-0.05, 0) is 73.0 Å². The molecule has 0 N–H and O–H groups in total. The van der Waals surface area contributed by atoms with Crippen molar-refractivity contribution in [3.8, 4) is 0 Å². The Labute approximate surface area is 73.7 Å². The van der Waals surface area contributed by atoms with E-state index in [1.165, 1.54) is 47.3 Å². The maximum absolute atomic E-state index is 1.65. The molecule has 0 saturated heterocycles. The standard InChI is InChI=1S/C12H16/c1-2-6-8-4-10(8)12-9-3-7(9)5(1)11(6)12/h5-12H,1-4H2. The van der Waals surface area contributed by atoms with Crippen molar-refractivity contribution >= 4 is 0 Å². The highest BCUT2D eigenvalue weighted by molar-refractivity contribution is 5.22. The van der Waals surface area contributed by atoms with Crippen LogP contribution in [0.2, 0.25) is 0 Å². The van der Waals surface area contributed by atoms with Crippen LogP contribution < -0.4 is 0 Å². The van der Waals surface area contributed by atoms with Gasteiger partial charge in [-0.25, -0.2) is 0 Å². The van der Waals surface area contributed by atoms with E-state index in [2.05, 4.69) is 0 Å². The Morgan fingerprint density at radius 2 is 1.00 bits per heavy atom. The smallest absolute Gasteiger partial charge is 0.0318 e. The fourth-order valence-electron chi connectivity index (χ4n) is 5.89. The largest absolute Gasteiger partial charge is 0.0496 e. The fraction of sp³-hybridized carbons (Fsp3) is 1.00. The topological polar surface area (TPSA) is 0 Å². The highest BCUT2D eigenvalue weighted by atomic mass is 14.8. The first-order valence-electron chi connectivity index (χ1n) is 5.95. The van der Waals surface area contributed by atoms with Crippen molar-refractivity contribution in [2.45, 2.75) is 25.7 Å². The van der Waals surface area contributed by atoms with Crippen LogP contribution in [0, 0.1) is 47.3 Å². The normalized spacial score (nSPS) is 80.0. The summed E-state index contributed by atoms with van der Waals surface area (Å²) < 4.78 is 0. The highest BCUT2D eigenvalue weighted by Gasteiger charge is 2.73. The second-order valence-electron chi connectivity index (χ2n) is 6.19. The van der Waals surface area contributed by atoms with E-state index in [0.717, 1.165) is 0 Å². The second-order valence-corrected chi connectivity index (χ2v) is 6.19. The zero-order valence-electron chi connectivity index (χ0n) is 7.45. The molecule has 64 valence electrons. The van der Waals surface area contributed by atoms with Crippen LogP contribution in [0.1, 0.15) is 25.7 Å². The summed E-state index contributed by atoms with van der Waals surface area (Å²) >= 11 is 0. The van der Waals surface area contributed by atoms with Crippen molar-refractivity contribution in [2.75, 3.05) is 0 Å². The summed E-state index contributed by atoms with van der Waals surface area (Å²) in [7, 11) is 0. The zero-order valence-corrected chi connectivity index (χ0v) is 7.45. The molecule has 0 aromatic carbocycles. The van der Waals surface area contributed by atoms with Crippen LogP contribution in [-0.2, 0) is 0 Å². The van der Waals surface area contributed by atoms with Gasteiger partial charge in [-0.1, -0.05) is 0 Å². The van der Waals surface area contributed by atoms with Crippen LogP contribution in [0.25, 0.3) is 0 Å². The van der Waals surface area contributed by atoms with E-state index in [-0.39, 0.29) is 0 Å². The molecule has 0 heterocycles. The molecule has 0 heteroatoms. The van der Waals surface area contributed by atoms with E-state index in [9.17, 15) is 0 Å². The fourth-order valence-corrected chi connectivity index (χ4v) is 5.89. The molecule has 0 aromatic heterocycles. The van der Waals surface area contributed by atoms with Gasteiger partial charge >= 0.3 is 0 Å². The average Bonchev–Trinajstić information content (AvgIpc) is 2.93. The Hall–Kier alpha value is 0. The SMILES string of the molecule is C1CC2C3CC3C3C4CC4C1C23. The second kappa shape index (κ2) is 1.40. The quantitative estimate of drug-likeness (QED) is 0.511. The van der Waals surface area contributed by atoms with Gasteiger partial charge in [0.15, 0.2) is 0 Å². The zero-order chi connectivity index (χ0) is 7.45. The van der Waals surface area contributed by atoms with Gasteiger partial charge in [0.05, 0.1) is 0 Å². The van der Waals surface area contributed by atoms with Gasteiger partial charge in [-0.2, -0.15) is 0 Å². The molecule has 0 aromatic rings. The van der Waals surface area contributed by atoms with Gasteiger partial charge in [-0.3, -0.25) is 0 Å². The van der Waals surface area contributed by atoms with Crippen molar-refractivity contribution in [1.82, 2.24) is 0 Å². The average molecular weight is 160 g/mol. The lowest BCUT2D eigenvalue weighted by molar-refractivity contribution is 0.260. The first-order valence-corrected chi connectivity index (χ1v) is 5.95. The van der Waals surface area contributed by atoms with E-state index in [0.29, 0.717) is 0 Å². The number of fused-ring (bicyclic) bond motifs is 6. The van der Waals surface area contributed by atoms with Crippen LogP contribution in [0.4, 0.5) is 0 Å². The first kappa shape index (κ1) is 5.67. The molecule has 12 heavy (non-hydrogen) atoms. The third kappa shape index (κ3) is 0.400. The summed E-state index contributed by atoms with van der Waals surface area (Å²) in [5.74, 6) is 10.1. The molecule has 0 bridgehead atoms. The number of hydrogen-bond acceptors (Lipinski definition) is 0. The van der Waals surface area contributed by atoms with Gasteiger partial charge in [0.1, 0.15) is 0 Å². The molecule has 0 nitrogen and oxygen atoms in total. The lowest BCUT2D eigenvalue weighted by Crippen LogP contribution is -2.17. The monoisotopic (exact) mass is 160 g/mol. The molecule has 0 radical (unpaired) electrons. The molecule has 6 atom stereocenters. The Kier molecular flexibility index (Phi) is 0.663. The first-order chi connectivity index (χ1) is 5.95. The van der Waals surface area contributed by atoms with Gasteiger partial charge < -0.3 is 0 Å². The van der Waals surface area contributed by atoms with Crippen molar-refractivity contribution < 1.29 is 0 Å². The van der Waals surface area contributed by atoms with Crippen LogP contribution in [-0.4, -0.2) is 0 Å². The van der Waals surface area contributed by atoms with Crippen LogP contribution in [0.3, 0.4) is 0 Å². The Bertz CT molecular complexity index is 243. The van der Waals surface area contributed by atoms with Crippen molar-refractivity contribution in [2.24, 2.45) is 47.3 Å². The van der Waals surface area contributed by atoms with E-state index >= 15 is 0 Å². The minimum atomic E-state index is 1.25. The van der Waals surface area contributed by atoms with Gasteiger partial charge in [0, 0.05) is 0 Å². The van der Waals surface area contributed by atoms with Gasteiger partial charge in [0.25, 0.3) is 0 Å². The molecule has 0 amide bonds. The summed E-state index contributed by atoms with van der Waals surface area (Å²) in [6.07, 6.45) is 6.58. The summed E-state index contributed by atoms with van der Waals surface area (Å²) in [5.41, 5.74) is 0. The lowest BCUT2D eigenvalue weighted by Gasteiger charge is -2.21. The van der Waals surface area contributed by atoms with Gasteiger partial charge in [0.2, 0.25) is 0 Å². The molecule has 0 spiro atoms. The summed E-state index contributed by atoms with van der Waals surface area (Å²) in [6, 6.07) is 0. The molecular formula is C12H16. The Balaban J connectivity index is 1.71. The molecule has 6 unspecified atom stereocenters. The van der Waals surface area contributed by atoms with Crippen LogP contribution >= 0.6 is 0 Å². The highest BCUT2D eigenvalue weighted by Crippen LogP contribution is 2.80. The maximum Gasteiger partial charge on any atom is -0.0318 e. The summed E-state index contributed by atoms with van der Waals surface area (Å²) in [6.45, 7) is 0. The number of hydrogen-bond donors (Lipinski definition) is 0. The molecule has 0 aliphatic heterocycles. The van der Waals surface area contributed by atoms with Crippen molar-refractivity contribution in [3.05, 3.63) is 0 Å². The third-order valence-electron chi connectivity index (χ3n) is 6.14. The van der Waals surface area contributed by atoms with Crippen LogP contribution in [0.5, 0.6) is 0 Å². The Morgan fingerprint density at radius 3 is 1.58 bits per heavy atom. The lowest BCUT2D eigenvalue weighted by atomic mass is 9.83. The molecule has 5 rings (SSSR count). The third-order valence-corrected chi connectivity index (χ3v) is 6.14. The minimum Gasteiger partial charge on any atom is -0.0496 e. The Morgan fingerprint density at radius 1 is 0.500 bits per heavy atom. The van der Waals surface area contributed by atoms with Gasteiger partial charge in [-0.15, -0.1) is 0 Å². The van der Waals surface area contributed by atoms with E-state index in [1.807, 2.05) is 0 Å². The maximum atomic E-state index is 1.65. The molecule has 5 saturated carbocycles. The number of rotatable bonds is 0. The predicted molar refractivity (Wildman–Crippen MR) is 46.4 cm³/mol. The summed E-state index contributed by atoms with van der Waals surface area (Å²) in [5, 5.41) is 0. The molecule has 5 aliphatic rings. The van der Waals surface area contributed by atoms with Crippen molar-refractivity contribution in [1.29, 1.82) is 0 Å². The van der Waals surface area contributed by atoms with E-state index in [4.69, 9.17) is 0 Å². The van der Waals surface area contributed by atoms with E-state index in [1.54, 1.807) is 25.7 Å². The van der Waals surface area contributed by atoms with Crippen LogP contribution in [0.15, 0.2) is 0 Å². The molecule has 5 fully saturated rings. The predicted octanol–water partition coefficient (Wildman–Crippen LogP) is 2.54.